The van der Waals surface area contributed by atoms with Crippen molar-refractivity contribution in [2.24, 2.45) is 0 Å². The van der Waals surface area contributed by atoms with Crippen molar-refractivity contribution in [1.29, 1.82) is 0 Å². The van der Waals surface area contributed by atoms with E-state index in [1.165, 1.54) is 11.6 Å². The summed E-state index contributed by atoms with van der Waals surface area (Å²) in [4.78, 5) is 11.9. The summed E-state index contributed by atoms with van der Waals surface area (Å²) in [5, 5.41) is 3.26. The Labute approximate surface area is 144 Å². The van der Waals surface area contributed by atoms with Crippen molar-refractivity contribution >= 4 is 45.2 Å². The highest BCUT2D eigenvalue weighted by Gasteiger charge is 2.03. The average Bonchev–Trinajstić information content (AvgIpc) is 2.48. The van der Waals surface area contributed by atoms with Crippen molar-refractivity contribution in [2.75, 3.05) is 5.32 Å². The van der Waals surface area contributed by atoms with Crippen LogP contribution in [0.2, 0.25) is 5.02 Å². The lowest BCUT2D eigenvalue weighted by Crippen LogP contribution is -2.08. The monoisotopic (exact) mass is 377 g/mol. The summed E-state index contributed by atoms with van der Waals surface area (Å²) in [7, 11) is 0. The Balaban J connectivity index is 2.01. The molecule has 22 heavy (non-hydrogen) atoms. The summed E-state index contributed by atoms with van der Waals surface area (Å²) in [6, 6.07) is 13.5. The normalized spacial score (nSPS) is 11.1. The van der Waals surface area contributed by atoms with Gasteiger partial charge in [0.25, 0.3) is 0 Å². The predicted molar refractivity (Wildman–Crippen MR) is 97.3 cm³/mol. The summed E-state index contributed by atoms with van der Waals surface area (Å²) >= 11 is 9.40. The Bertz CT molecular complexity index is 693. The van der Waals surface area contributed by atoms with Gasteiger partial charge < -0.3 is 5.32 Å². The number of hydrogen-bond donors (Lipinski definition) is 1. The topological polar surface area (TPSA) is 29.1 Å². The third-order valence-corrected chi connectivity index (χ3v) is 4.03. The van der Waals surface area contributed by atoms with Gasteiger partial charge in [-0.3, -0.25) is 4.79 Å². The second-order valence-electron chi connectivity index (χ2n) is 5.27. The van der Waals surface area contributed by atoms with Crippen LogP contribution in [0.15, 0.2) is 53.0 Å². The molecule has 2 nitrogen and oxygen atoms in total. The zero-order chi connectivity index (χ0) is 16.1. The van der Waals surface area contributed by atoms with Gasteiger partial charge in [-0.15, -0.1) is 0 Å². The first-order chi connectivity index (χ1) is 10.5. The minimum Gasteiger partial charge on any atom is -0.321 e. The van der Waals surface area contributed by atoms with Crippen molar-refractivity contribution in [2.45, 2.75) is 19.8 Å². The van der Waals surface area contributed by atoms with Gasteiger partial charge in [0.2, 0.25) is 5.91 Å². The maximum atomic E-state index is 11.9. The van der Waals surface area contributed by atoms with Gasteiger partial charge in [-0.05, 0) is 41.3 Å². The van der Waals surface area contributed by atoms with Gasteiger partial charge in [-0.25, -0.2) is 0 Å². The fourth-order valence-corrected chi connectivity index (χ4v) is 2.65. The number of benzene rings is 2. The van der Waals surface area contributed by atoms with Crippen LogP contribution in [0.1, 0.15) is 30.9 Å². The molecule has 2 rings (SSSR count). The largest absolute Gasteiger partial charge is 0.321 e. The highest BCUT2D eigenvalue weighted by molar-refractivity contribution is 9.10. The minimum atomic E-state index is -0.211. The van der Waals surface area contributed by atoms with E-state index < -0.39 is 0 Å². The second-order valence-corrected chi connectivity index (χ2v) is 6.59. The molecular formula is C18H17BrClNO. The van der Waals surface area contributed by atoms with E-state index in [1.54, 1.807) is 18.2 Å². The average molecular weight is 379 g/mol. The number of carbonyl (C=O) groups excluding carboxylic acids is 1. The Morgan fingerprint density at radius 1 is 1.18 bits per heavy atom. The van der Waals surface area contributed by atoms with Gasteiger partial charge >= 0.3 is 0 Å². The lowest BCUT2D eigenvalue weighted by atomic mass is 10.0. The Morgan fingerprint density at radius 2 is 1.86 bits per heavy atom. The van der Waals surface area contributed by atoms with Gasteiger partial charge in [-0.2, -0.15) is 0 Å². The molecule has 1 amide bonds. The molecule has 0 radical (unpaired) electrons. The molecule has 0 bridgehead atoms. The molecule has 0 saturated heterocycles. The van der Waals surface area contributed by atoms with E-state index in [1.807, 2.05) is 18.2 Å². The Morgan fingerprint density at radius 3 is 2.45 bits per heavy atom. The first kappa shape index (κ1) is 16.8. The van der Waals surface area contributed by atoms with Gasteiger partial charge in [0.05, 0.1) is 10.7 Å². The molecule has 4 heteroatoms. The van der Waals surface area contributed by atoms with Crippen molar-refractivity contribution in [1.82, 2.24) is 0 Å². The van der Waals surface area contributed by atoms with Crippen LogP contribution in [0.5, 0.6) is 0 Å². The molecule has 0 aliphatic carbocycles. The maximum Gasteiger partial charge on any atom is 0.248 e. The van der Waals surface area contributed by atoms with E-state index >= 15 is 0 Å². The number of anilines is 1. The maximum absolute atomic E-state index is 11.9. The van der Waals surface area contributed by atoms with Gasteiger partial charge in [0.1, 0.15) is 0 Å². The van der Waals surface area contributed by atoms with E-state index in [4.69, 9.17) is 11.6 Å². The van der Waals surface area contributed by atoms with E-state index in [2.05, 4.69) is 47.2 Å². The highest BCUT2D eigenvalue weighted by Crippen LogP contribution is 2.25. The number of rotatable bonds is 4. The first-order valence-corrected chi connectivity index (χ1v) is 8.17. The van der Waals surface area contributed by atoms with Crippen LogP contribution >= 0.6 is 27.5 Å². The summed E-state index contributed by atoms with van der Waals surface area (Å²) < 4.78 is 0.872. The number of nitrogens with one attached hydrogen (secondary N) is 1. The van der Waals surface area contributed by atoms with Crippen molar-refractivity contribution in [3.8, 4) is 0 Å². The molecule has 0 spiro atoms. The fraction of sp³-hybridized carbons (Fsp3) is 0.167. The van der Waals surface area contributed by atoms with Crippen molar-refractivity contribution in [3.05, 3.63) is 69.2 Å². The lowest BCUT2D eigenvalue weighted by molar-refractivity contribution is -0.111. The molecule has 0 saturated carbocycles. The minimum absolute atomic E-state index is 0.211. The number of hydrogen-bond acceptors (Lipinski definition) is 1. The van der Waals surface area contributed by atoms with Gasteiger partial charge in [0.15, 0.2) is 0 Å². The van der Waals surface area contributed by atoms with Crippen LogP contribution in [-0.4, -0.2) is 5.91 Å². The molecule has 2 aromatic carbocycles. The van der Waals surface area contributed by atoms with E-state index in [0.29, 0.717) is 16.6 Å². The zero-order valence-corrected chi connectivity index (χ0v) is 14.8. The molecule has 0 atom stereocenters. The molecule has 0 unspecified atom stereocenters. The van der Waals surface area contributed by atoms with Crippen LogP contribution in [-0.2, 0) is 4.79 Å². The van der Waals surface area contributed by atoms with E-state index in [-0.39, 0.29) is 5.91 Å². The molecule has 0 fully saturated rings. The Hall–Kier alpha value is -1.58. The summed E-state index contributed by atoms with van der Waals surface area (Å²) in [6.45, 7) is 4.31. The molecule has 1 N–H and O–H groups in total. The van der Waals surface area contributed by atoms with Crippen molar-refractivity contribution in [3.63, 3.8) is 0 Å². The molecular weight excluding hydrogens is 362 g/mol. The first-order valence-electron chi connectivity index (χ1n) is 7.00. The third kappa shape index (κ3) is 4.72. The van der Waals surface area contributed by atoms with Gasteiger partial charge in [-0.1, -0.05) is 65.6 Å². The number of halogens is 2. The van der Waals surface area contributed by atoms with E-state index in [0.717, 1.165) is 10.0 Å². The molecule has 0 aliphatic heterocycles. The SMILES string of the molecule is CC(C)c1ccc(/C=C/C(=O)Nc2ccc(Br)cc2Cl)cc1. The third-order valence-electron chi connectivity index (χ3n) is 3.22. The number of amides is 1. The summed E-state index contributed by atoms with van der Waals surface area (Å²) in [5.41, 5.74) is 2.86. The van der Waals surface area contributed by atoms with Gasteiger partial charge in [0, 0.05) is 10.5 Å². The van der Waals surface area contributed by atoms with Crippen molar-refractivity contribution < 1.29 is 4.79 Å². The second kappa shape index (κ2) is 7.61. The quantitative estimate of drug-likeness (QED) is 0.661. The zero-order valence-electron chi connectivity index (χ0n) is 12.4. The van der Waals surface area contributed by atoms with Crippen LogP contribution < -0.4 is 5.32 Å². The molecule has 0 aliphatic rings. The molecule has 2 aromatic rings. The summed E-state index contributed by atoms with van der Waals surface area (Å²) in [6.07, 6.45) is 3.29. The van der Waals surface area contributed by atoms with Crippen LogP contribution in [0.25, 0.3) is 6.08 Å². The molecule has 114 valence electrons. The Kier molecular flexibility index (Phi) is 5.81. The summed E-state index contributed by atoms with van der Waals surface area (Å²) in [5.74, 6) is 0.290. The van der Waals surface area contributed by atoms with Crippen LogP contribution in [0.3, 0.4) is 0 Å². The predicted octanol–water partition coefficient (Wildman–Crippen LogP) is 5.88. The standard InChI is InChI=1S/C18H17BrClNO/c1-12(2)14-6-3-13(4-7-14)5-10-18(22)21-17-9-8-15(19)11-16(17)20/h3-12H,1-2H3,(H,21,22)/b10-5+. The van der Waals surface area contributed by atoms with Crippen LogP contribution in [0, 0.1) is 0 Å². The molecule has 0 aromatic heterocycles. The molecule has 0 heterocycles. The van der Waals surface area contributed by atoms with Crippen LogP contribution in [0.4, 0.5) is 5.69 Å². The lowest BCUT2D eigenvalue weighted by Gasteiger charge is -2.06. The van der Waals surface area contributed by atoms with E-state index in [9.17, 15) is 4.79 Å². The highest BCUT2D eigenvalue weighted by atomic mass is 79.9. The number of carbonyl (C=O) groups is 1. The smallest absolute Gasteiger partial charge is 0.248 e. The fourth-order valence-electron chi connectivity index (χ4n) is 1.93.